The van der Waals surface area contributed by atoms with Crippen LogP contribution in [0, 0.1) is 5.92 Å². The molecule has 0 saturated heterocycles. The Morgan fingerprint density at radius 3 is 2.53 bits per heavy atom. The molecule has 17 heavy (non-hydrogen) atoms. The van der Waals surface area contributed by atoms with Gasteiger partial charge in [-0.15, -0.1) is 0 Å². The maximum absolute atomic E-state index is 11.3. The minimum Gasteiger partial charge on any atom is -0.480 e. The fraction of sp³-hybridized carbons (Fsp3) is 0.538. The number of carboxylic acid groups (broad SMARTS) is 1. The van der Waals surface area contributed by atoms with Crippen molar-refractivity contribution in [2.45, 2.75) is 38.1 Å². The van der Waals surface area contributed by atoms with Gasteiger partial charge in [0.05, 0.1) is 0 Å². The molecule has 1 aromatic heterocycles. The Morgan fingerprint density at radius 1 is 1.29 bits per heavy atom. The zero-order chi connectivity index (χ0) is 12.1. The first-order valence-electron chi connectivity index (χ1n) is 6.17. The minimum absolute atomic E-state index is 0.245. The predicted molar refractivity (Wildman–Crippen MR) is 65.9 cm³/mol. The highest BCUT2D eigenvalue weighted by Crippen LogP contribution is 2.28. The molecular formula is C13H18N2O2. The smallest absolute Gasteiger partial charge is 0.326 e. The van der Waals surface area contributed by atoms with E-state index in [2.05, 4.69) is 10.3 Å². The van der Waals surface area contributed by atoms with E-state index in [0.29, 0.717) is 0 Å². The van der Waals surface area contributed by atoms with Crippen LogP contribution in [0.5, 0.6) is 0 Å². The third-order valence-electron chi connectivity index (χ3n) is 3.39. The van der Waals surface area contributed by atoms with Gasteiger partial charge in [-0.1, -0.05) is 19.3 Å². The molecule has 1 heterocycles. The molecule has 2 rings (SSSR count). The van der Waals surface area contributed by atoms with Gasteiger partial charge in [0.25, 0.3) is 0 Å². The fourth-order valence-corrected chi connectivity index (χ4v) is 2.48. The van der Waals surface area contributed by atoms with Gasteiger partial charge in [0, 0.05) is 18.1 Å². The molecule has 1 aliphatic carbocycles. The Bertz CT molecular complexity index is 361. The largest absolute Gasteiger partial charge is 0.480 e. The zero-order valence-corrected chi connectivity index (χ0v) is 9.80. The van der Waals surface area contributed by atoms with Gasteiger partial charge in [-0.2, -0.15) is 0 Å². The average Bonchev–Trinajstić information content (AvgIpc) is 2.38. The molecule has 0 aliphatic heterocycles. The van der Waals surface area contributed by atoms with E-state index in [-0.39, 0.29) is 5.92 Å². The zero-order valence-electron chi connectivity index (χ0n) is 9.80. The number of hydrogen-bond donors (Lipinski definition) is 2. The van der Waals surface area contributed by atoms with E-state index < -0.39 is 12.0 Å². The topological polar surface area (TPSA) is 62.2 Å². The van der Waals surface area contributed by atoms with Crippen molar-refractivity contribution in [2.75, 3.05) is 5.32 Å². The van der Waals surface area contributed by atoms with E-state index >= 15 is 0 Å². The number of nitrogens with one attached hydrogen (secondary N) is 1. The maximum atomic E-state index is 11.3. The summed E-state index contributed by atoms with van der Waals surface area (Å²) in [6, 6.07) is 3.13. The summed E-state index contributed by atoms with van der Waals surface area (Å²) >= 11 is 0. The van der Waals surface area contributed by atoms with Crippen LogP contribution in [0.4, 0.5) is 5.69 Å². The van der Waals surface area contributed by atoms with Crippen LogP contribution in [-0.4, -0.2) is 22.1 Å². The van der Waals surface area contributed by atoms with E-state index in [0.717, 1.165) is 31.4 Å². The highest BCUT2D eigenvalue weighted by molar-refractivity contribution is 5.77. The van der Waals surface area contributed by atoms with Gasteiger partial charge in [0.15, 0.2) is 0 Å². The Kier molecular flexibility index (Phi) is 3.96. The van der Waals surface area contributed by atoms with E-state index in [1.54, 1.807) is 24.5 Å². The molecule has 0 radical (unpaired) electrons. The summed E-state index contributed by atoms with van der Waals surface area (Å²) in [6.07, 6.45) is 8.88. The molecule has 0 aromatic carbocycles. The molecule has 4 nitrogen and oxygen atoms in total. The van der Waals surface area contributed by atoms with Gasteiger partial charge >= 0.3 is 5.97 Å². The monoisotopic (exact) mass is 234 g/mol. The Labute approximate surface area is 101 Å². The number of hydrogen-bond acceptors (Lipinski definition) is 3. The van der Waals surface area contributed by atoms with Gasteiger partial charge in [-0.25, -0.2) is 4.79 Å². The first-order chi connectivity index (χ1) is 8.27. The molecule has 1 aromatic rings. The molecule has 1 fully saturated rings. The number of pyridine rings is 1. The van der Waals surface area contributed by atoms with Crippen LogP contribution >= 0.6 is 0 Å². The summed E-state index contributed by atoms with van der Waals surface area (Å²) in [5, 5.41) is 12.4. The van der Waals surface area contributed by atoms with Crippen molar-refractivity contribution in [3.8, 4) is 0 Å². The number of carboxylic acids is 1. The molecule has 92 valence electrons. The minimum atomic E-state index is -0.756. The van der Waals surface area contributed by atoms with Crippen LogP contribution in [0.15, 0.2) is 24.5 Å². The van der Waals surface area contributed by atoms with E-state index in [1.807, 2.05) is 0 Å². The average molecular weight is 234 g/mol. The first kappa shape index (κ1) is 11.9. The fourth-order valence-electron chi connectivity index (χ4n) is 2.48. The second-order valence-electron chi connectivity index (χ2n) is 4.59. The number of aromatic nitrogens is 1. The molecule has 1 aliphatic rings. The van der Waals surface area contributed by atoms with Crippen molar-refractivity contribution in [1.29, 1.82) is 0 Å². The van der Waals surface area contributed by atoms with Crippen LogP contribution in [0.3, 0.4) is 0 Å². The van der Waals surface area contributed by atoms with Crippen molar-refractivity contribution in [3.05, 3.63) is 24.5 Å². The molecule has 0 amide bonds. The lowest BCUT2D eigenvalue weighted by Gasteiger charge is -2.28. The van der Waals surface area contributed by atoms with Gasteiger partial charge in [-0.3, -0.25) is 4.98 Å². The normalized spacial score (nSPS) is 18.6. The van der Waals surface area contributed by atoms with Crippen LogP contribution in [0.1, 0.15) is 32.1 Å². The Hall–Kier alpha value is -1.58. The van der Waals surface area contributed by atoms with Crippen molar-refractivity contribution in [1.82, 2.24) is 4.98 Å². The molecular weight excluding hydrogens is 216 g/mol. The van der Waals surface area contributed by atoms with Crippen LogP contribution in [0.25, 0.3) is 0 Å². The molecule has 4 heteroatoms. The highest BCUT2D eigenvalue weighted by Gasteiger charge is 2.29. The highest BCUT2D eigenvalue weighted by atomic mass is 16.4. The standard InChI is InChI=1S/C13H18N2O2/c16-13(17)12(10-4-2-1-3-5-10)15-11-6-8-14-9-7-11/h6-10,12H,1-5H2,(H,14,15)(H,16,17). The number of anilines is 1. The molecule has 1 unspecified atom stereocenters. The second kappa shape index (κ2) is 5.66. The molecule has 0 spiro atoms. The van der Waals surface area contributed by atoms with Crippen molar-refractivity contribution in [2.24, 2.45) is 5.92 Å². The number of carbonyl (C=O) groups is 1. The molecule has 2 N–H and O–H groups in total. The Balaban J connectivity index is 2.04. The van der Waals surface area contributed by atoms with E-state index in [4.69, 9.17) is 0 Å². The lowest BCUT2D eigenvalue weighted by atomic mass is 9.84. The first-order valence-corrected chi connectivity index (χ1v) is 6.17. The van der Waals surface area contributed by atoms with Crippen LogP contribution in [0.2, 0.25) is 0 Å². The van der Waals surface area contributed by atoms with Crippen LogP contribution in [-0.2, 0) is 4.79 Å². The molecule has 1 saturated carbocycles. The third kappa shape index (κ3) is 3.19. The summed E-state index contributed by atoms with van der Waals surface area (Å²) in [5.41, 5.74) is 0.831. The van der Waals surface area contributed by atoms with Gasteiger partial charge in [-0.05, 0) is 30.9 Å². The third-order valence-corrected chi connectivity index (χ3v) is 3.39. The van der Waals surface area contributed by atoms with E-state index in [9.17, 15) is 9.90 Å². The summed E-state index contributed by atoms with van der Waals surface area (Å²) < 4.78 is 0. The second-order valence-corrected chi connectivity index (χ2v) is 4.59. The number of nitrogens with zero attached hydrogens (tertiary/aromatic N) is 1. The predicted octanol–water partition coefficient (Wildman–Crippen LogP) is 2.53. The molecule has 1 atom stereocenters. The van der Waals surface area contributed by atoms with Crippen molar-refractivity contribution in [3.63, 3.8) is 0 Å². The van der Waals surface area contributed by atoms with Gasteiger partial charge in [0.1, 0.15) is 6.04 Å². The summed E-state index contributed by atoms with van der Waals surface area (Å²) in [7, 11) is 0. The lowest BCUT2D eigenvalue weighted by molar-refractivity contribution is -0.139. The van der Waals surface area contributed by atoms with Crippen molar-refractivity contribution < 1.29 is 9.90 Å². The van der Waals surface area contributed by atoms with Crippen molar-refractivity contribution >= 4 is 11.7 Å². The summed E-state index contributed by atoms with van der Waals surface area (Å²) in [4.78, 5) is 15.2. The summed E-state index contributed by atoms with van der Waals surface area (Å²) in [5.74, 6) is -0.511. The van der Waals surface area contributed by atoms with E-state index in [1.165, 1.54) is 6.42 Å². The Morgan fingerprint density at radius 2 is 1.94 bits per heavy atom. The molecule has 0 bridgehead atoms. The SMILES string of the molecule is O=C(O)C(Nc1ccncc1)C1CCCCC1. The van der Waals surface area contributed by atoms with Crippen LogP contribution < -0.4 is 5.32 Å². The number of rotatable bonds is 4. The number of aliphatic carboxylic acids is 1. The quantitative estimate of drug-likeness (QED) is 0.840. The maximum Gasteiger partial charge on any atom is 0.326 e. The van der Waals surface area contributed by atoms with Gasteiger partial charge in [0.2, 0.25) is 0 Å². The van der Waals surface area contributed by atoms with Gasteiger partial charge < -0.3 is 10.4 Å². The summed E-state index contributed by atoms with van der Waals surface area (Å²) in [6.45, 7) is 0. The lowest BCUT2D eigenvalue weighted by Crippen LogP contribution is -2.37.